The normalized spacial score (nSPS) is 26.4. The average molecular weight is 375 g/mol. The number of hydrogen-bond acceptors (Lipinski definition) is 4. The molecule has 1 aromatic rings. The van der Waals surface area contributed by atoms with Crippen LogP contribution in [0, 0.1) is 11.3 Å². The lowest BCUT2D eigenvalue weighted by Crippen LogP contribution is -2.45. The first-order chi connectivity index (χ1) is 12.6. The van der Waals surface area contributed by atoms with E-state index in [4.69, 9.17) is 9.47 Å². The standard InChI is InChI=1S/C21H29NO5/c1-14(27-17-7-5-6-15(10-17)20(2,3)4)18(23)22-11-16-12-26-9-8-21(16,13-22)19(24)25/h5-7,10,14,16H,8-9,11-13H2,1-4H3,(H,24,25)/t14?,16-,21+/m0/s1. The molecule has 2 saturated heterocycles. The molecule has 0 saturated carbocycles. The van der Waals surface area contributed by atoms with E-state index >= 15 is 0 Å². The number of carbonyl (C=O) groups is 2. The molecule has 27 heavy (non-hydrogen) atoms. The first kappa shape index (κ1) is 19.7. The fourth-order valence-corrected chi connectivity index (χ4v) is 4.01. The number of rotatable bonds is 4. The zero-order valence-corrected chi connectivity index (χ0v) is 16.5. The molecule has 148 valence electrons. The number of carbonyl (C=O) groups excluding carboxylic acids is 1. The lowest BCUT2D eigenvalue weighted by molar-refractivity contribution is -0.157. The van der Waals surface area contributed by atoms with E-state index in [2.05, 4.69) is 20.8 Å². The fourth-order valence-electron chi connectivity index (χ4n) is 4.01. The highest BCUT2D eigenvalue weighted by molar-refractivity contribution is 5.84. The number of amides is 1. The van der Waals surface area contributed by atoms with Crippen molar-refractivity contribution in [2.75, 3.05) is 26.3 Å². The predicted molar refractivity (Wildman–Crippen MR) is 101 cm³/mol. The monoisotopic (exact) mass is 375 g/mol. The minimum Gasteiger partial charge on any atom is -0.481 e. The van der Waals surface area contributed by atoms with Crippen molar-refractivity contribution >= 4 is 11.9 Å². The molecular weight excluding hydrogens is 346 g/mol. The maximum atomic E-state index is 12.9. The van der Waals surface area contributed by atoms with Crippen LogP contribution in [0.25, 0.3) is 0 Å². The van der Waals surface area contributed by atoms with Crippen LogP contribution in [0.4, 0.5) is 0 Å². The topological polar surface area (TPSA) is 76.1 Å². The van der Waals surface area contributed by atoms with Crippen LogP contribution < -0.4 is 4.74 Å². The number of nitrogens with zero attached hydrogens (tertiary/aromatic N) is 1. The van der Waals surface area contributed by atoms with Gasteiger partial charge in [-0.05, 0) is 36.5 Å². The maximum absolute atomic E-state index is 12.9. The fraction of sp³-hybridized carbons (Fsp3) is 0.619. The lowest BCUT2D eigenvalue weighted by Gasteiger charge is -2.33. The summed E-state index contributed by atoms with van der Waals surface area (Å²) >= 11 is 0. The zero-order chi connectivity index (χ0) is 19.8. The molecule has 2 fully saturated rings. The van der Waals surface area contributed by atoms with Gasteiger partial charge in [0.15, 0.2) is 6.10 Å². The molecule has 1 amide bonds. The van der Waals surface area contributed by atoms with E-state index < -0.39 is 17.5 Å². The second-order valence-corrected chi connectivity index (χ2v) is 8.74. The minimum atomic E-state index is -0.889. The lowest BCUT2D eigenvalue weighted by atomic mass is 9.74. The Labute approximate surface area is 160 Å². The molecule has 0 bridgehead atoms. The minimum absolute atomic E-state index is 0.00880. The van der Waals surface area contributed by atoms with Crippen molar-refractivity contribution in [1.29, 1.82) is 0 Å². The number of carboxylic acids is 1. The van der Waals surface area contributed by atoms with E-state index in [1.165, 1.54) is 0 Å². The highest BCUT2D eigenvalue weighted by Gasteiger charge is 2.55. The van der Waals surface area contributed by atoms with Crippen molar-refractivity contribution in [3.63, 3.8) is 0 Å². The largest absolute Gasteiger partial charge is 0.481 e. The Bertz CT molecular complexity index is 726. The van der Waals surface area contributed by atoms with Gasteiger partial charge in [-0.25, -0.2) is 0 Å². The van der Waals surface area contributed by atoms with E-state index in [9.17, 15) is 14.7 Å². The summed E-state index contributed by atoms with van der Waals surface area (Å²) in [5, 5.41) is 9.75. The number of likely N-dealkylation sites (tertiary alicyclic amines) is 1. The van der Waals surface area contributed by atoms with Gasteiger partial charge >= 0.3 is 5.97 Å². The number of carboxylic acid groups (broad SMARTS) is 1. The summed E-state index contributed by atoms with van der Waals surface area (Å²) in [6, 6.07) is 7.77. The molecule has 3 rings (SSSR count). The van der Waals surface area contributed by atoms with E-state index in [1.807, 2.05) is 24.3 Å². The summed E-state index contributed by atoms with van der Waals surface area (Å²) in [5.74, 6) is -0.524. The Morgan fingerprint density at radius 3 is 2.74 bits per heavy atom. The van der Waals surface area contributed by atoms with Gasteiger partial charge in [0.25, 0.3) is 5.91 Å². The van der Waals surface area contributed by atoms with Crippen LogP contribution in [0.1, 0.15) is 39.7 Å². The predicted octanol–water partition coefficient (Wildman–Crippen LogP) is 2.70. The first-order valence-electron chi connectivity index (χ1n) is 9.50. The van der Waals surface area contributed by atoms with Gasteiger partial charge in [0.1, 0.15) is 5.75 Å². The third kappa shape index (κ3) is 3.81. The summed E-state index contributed by atoms with van der Waals surface area (Å²) in [6.45, 7) is 9.54. The third-order valence-corrected chi connectivity index (χ3v) is 5.81. The Morgan fingerprint density at radius 1 is 1.37 bits per heavy atom. The second kappa shape index (κ2) is 7.15. The number of aliphatic carboxylic acids is 1. The van der Waals surface area contributed by atoms with Gasteiger partial charge in [0, 0.05) is 25.6 Å². The summed E-state index contributed by atoms with van der Waals surface area (Å²) < 4.78 is 11.4. The molecule has 6 heteroatoms. The van der Waals surface area contributed by atoms with Crippen LogP contribution in [0.2, 0.25) is 0 Å². The zero-order valence-electron chi connectivity index (χ0n) is 16.5. The van der Waals surface area contributed by atoms with Crippen LogP contribution >= 0.6 is 0 Å². The van der Waals surface area contributed by atoms with Crippen molar-refractivity contribution in [1.82, 2.24) is 4.90 Å². The van der Waals surface area contributed by atoms with Gasteiger partial charge in [-0.2, -0.15) is 0 Å². The quantitative estimate of drug-likeness (QED) is 0.876. The third-order valence-electron chi connectivity index (χ3n) is 5.81. The first-order valence-corrected chi connectivity index (χ1v) is 9.50. The van der Waals surface area contributed by atoms with Gasteiger partial charge in [-0.1, -0.05) is 32.9 Å². The Hall–Kier alpha value is -2.08. The molecule has 2 aliphatic rings. The molecule has 2 heterocycles. The van der Waals surface area contributed by atoms with E-state index in [1.54, 1.807) is 11.8 Å². The van der Waals surface area contributed by atoms with E-state index in [0.717, 1.165) is 5.56 Å². The second-order valence-electron chi connectivity index (χ2n) is 8.74. The number of ether oxygens (including phenoxy) is 2. The molecule has 1 unspecified atom stereocenters. The number of benzene rings is 1. The van der Waals surface area contributed by atoms with Crippen LogP contribution in [0.5, 0.6) is 5.75 Å². The molecule has 0 aliphatic carbocycles. The van der Waals surface area contributed by atoms with Gasteiger partial charge in [0.2, 0.25) is 0 Å². The Morgan fingerprint density at radius 2 is 2.11 bits per heavy atom. The van der Waals surface area contributed by atoms with Gasteiger partial charge < -0.3 is 19.5 Å². The molecule has 6 nitrogen and oxygen atoms in total. The molecule has 3 atom stereocenters. The van der Waals surface area contributed by atoms with Gasteiger partial charge in [-0.15, -0.1) is 0 Å². The van der Waals surface area contributed by atoms with Crippen molar-refractivity contribution in [2.24, 2.45) is 11.3 Å². The average Bonchev–Trinajstić information content (AvgIpc) is 3.01. The van der Waals surface area contributed by atoms with Crippen LogP contribution in [0.3, 0.4) is 0 Å². The summed E-state index contributed by atoms with van der Waals surface area (Å²) in [7, 11) is 0. The van der Waals surface area contributed by atoms with E-state index in [0.29, 0.717) is 31.9 Å². The summed E-state index contributed by atoms with van der Waals surface area (Å²) in [6.07, 6.45) is -0.230. The van der Waals surface area contributed by atoms with Crippen LogP contribution in [-0.2, 0) is 19.7 Å². The molecule has 1 aromatic carbocycles. The van der Waals surface area contributed by atoms with E-state index in [-0.39, 0.29) is 23.8 Å². The molecule has 0 radical (unpaired) electrons. The number of hydrogen-bond donors (Lipinski definition) is 1. The molecule has 1 N–H and O–H groups in total. The van der Waals surface area contributed by atoms with Crippen molar-refractivity contribution in [3.05, 3.63) is 29.8 Å². The smallest absolute Gasteiger partial charge is 0.311 e. The van der Waals surface area contributed by atoms with Crippen LogP contribution in [-0.4, -0.2) is 54.3 Å². The summed E-state index contributed by atoms with van der Waals surface area (Å²) in [4.78, 5) is 26.4. The van der Waals surface area contributed by atoms with Crippen LogP contribution in [0.15, 0.2) is 24.3 Å². The molecule has 0 aromatic heterocycles. The van der Waals surface area contributed by atoms with Crippen molar-refractivity contribution in [2.45, 2.75) is 45.6 Å². The highest BCUT2D eigenvalue weighted by atomic mass is 16.5. The summed E-state index contributed by atoms with van der Waals surface area (Å²) in [5.41, 5.74) is 0.235. The molecule has 0 spiro atoms. The van der Waals surface area contributed by atoms with Gasteiger partial charge in [0.05, 0.1) is 12.0 Å². The van der Waals surface area contributed by atoms with Crippen molar-refractivity contribution in [3.8, 4) is 5.75 Å². The van der Waals surface area contributed by atoms with Crippen molar-refractivity contribution < 1.29 is 24.2 Å². The molecular formula is C21H29NO5. The number of fused-ring (bicyclic) bond motifs is 1. The SMILES string of the molecule is CC(Oc1cccc(C(C)(C)C)c1)C(=O)N1C[C@H]2COCC[C@@]2(C(=O)O)C1. The highest BCUT2D eigenvalue weighted by Crippen LogP contribution is 2.42. The van der Waals surface area contributed by atoms with Gasteiger partial charge in [-0.3, -0.25) is 9.59 Å². The Kier molecular flexibility index (Phi) is 5.21. The molecule has 2 aliphatic heterocycles. The maximum Gasteiger partial charge on any atom is 0.311 e. The Balaban J connectivity index is 1.70.